The Morgan fingerprint density at radius 3 is 2.83 bits per heavy atom. The number of fused-ring (bicyclic) bond motifs is 1. The number of carbonyl (C=O) groups is 1. The average molecular weight is 347 g/mol. The van der Waals surface area contributed by atoms with Crippen LogP contribution >= 0.6 is 11.3 Å². The summed E-state index contributed by atoms with van der Waals surface area (Å²) in [7, 11) is 0. The number of carbonyl (C=O) groups excluding carboxylic acids is 1. The Balaban J connectivity index is 1.68. The summed E-state index contributed by atoms with van der Waals surface area (Å²) >= 11 is 1.72. The lowest BCUT2D eigenvalue weighted by molar-refractivity contribution is -0.125. The Morgan fingerprint density at radius 2 is 2.12 bits per heavy atom. The van der Waals surface area contributed by atoms with Crippen molar-refractivity contribution in [1.29, 1.82) is 0 Å². The van der Waals surface area contributed by atoms with Crippen molar-refractivity contribution in [3.05, 3.63) is 16.8 Å². The van der Waals surface area contributed by atoms with E-state index in [0.717, 1.165) is 43.0 Å². The number of thiophene rings is 1. The fourth-order valence-corrected chi connectivity index (χ4v) is 4.21. The minimum atomic E-state index is 0.0988. The maximum atomic E-state index is 12.2. The van der Waals surface area contributed by atoms with Gasteiger partial charge in [0.25, 0.3) is 0 Å². The second-order valence-corrected chi connectivity index (χ2v) is 7.56. The molecular formula is C17H25N5OS. The molecule has 1 saturated heterocycles. The van der Waals surface area contributed by atoms with Crippen LogP contribution in [0, 0.1) is 19.8 Å². The van der Waals surface area contributed by atoms with Crippen molar-refractivity contribution in [2.45, 2.75) is 33.1 Å². The molecule has 0 atom stereocenters. The van der Waals surface area contributed by atoms with Crippen LogP contribution in [-0.2, 0) is 4.79 Å². The number of nitrogens with two attached hydrogens (primary N) is 1. The molecule has 0 aromatic carbocycles. The Bertz CT molecular complexity index is 721. The van der Waals surface area contributed by atoms with Gasteiger partial charge in [-0.2, -0.15) is 0 Å². The van der Waals surface area contributed by atoms with E-state index in [9.17, 15) is 4.79 Å². The van der Waals surface area contributed by atoms with E-state index in [0.29, 0.717) is 13.1 Å². The van der Waals surface area contributed by atoms with Crippen LogP contribution in [-0.4, -0.2) is 42.1 Å². The van der Waals surface area contributed by atoms with E-state index in [-0.39, 0.29) is 11.8 Å². The summed E-state index contributed by atoms with van der Waals surface area (Å²) in [6.07, 6.45) is 4.21. The summed E-state index contributed by atoms with van der Waals surface area (Å²) < 4.78 is 0. The molecule has 2 aromatic heterocycles. The normalized spacial score (nSPS) is 15.9. The molecular weight excluding hydrogens is 322 g/mol. The number of piperidine rings is 1. The van der Waals surface area contributed by atoms with Crippen LogP contribution < -0.4 is 16.0 Å². The summed E-state index contributed by atoms with van der Waals surface area (Å²) in [5.41, 5.74) is 6.74. The third-order valence-corrected chi connectivity index (χ3v) is 5.91. The number of hydrogen-bond donors (Lipinski definition) is 2. The van der Waals surface area contributed by atoms with E-state index in [2.05, 4.69) is 34.0 Å². The Labute approximate surface area is 146 Å². The number of nitrogens with zero attached hydrogens (tertiary/aromatic N) is 3. The fourth-order valence-electron chi connectivity index (χ4n) is 3.22. The van der Waals surface area contributed by atoms with Crippen molar-refractivity contribution in [2.24, 2.45) is 11.7 Å². The average Bonchev–Trinajstić information content (AvgIpc) is 2.90. The van der Waals surface area contributed by atoms with E-state index < -0.39 is 0 Å². The SMILES string of the molecule is Cc1sc2ncnc(N3CCC(C(=O)NCCCN)CC3)c2c1C. The first-order valence-corrected chi connectivity index (χ1v) is 9.37. The van der Waals surface area contributed by atoms with Crippen LogP contribution in [0.3, 0.4) is 0 Å². The third kappa shape index (κ3) is 3.37. The van der Waals surface area contributed by atoms with Crippen molar-refractivity contribution < 1.29 is 4.79 Å². The summed E-state index contributed by atoms with van der Waals surface area (Å²) in [6.45, 7) is 7.27. The van der Waals surface area contributed by atoms with E-state index in [1.807, 2.05) is 0 Å². The van der Waals surface area contributed by atoms with Crippen LogP contribution in [0.2, 0.25) is 0 Å². The predicted molar refractivity (Wildman–Crippen MR) is 98.5 cm³/mol. The zero-order valence-corrected chi connectivity index (χ0v) is 15.2. The molecule has 3 heterocycles. The van der Waals surface area contributed by atoms with Crippen molar-refractivity contribution in [1.82, 2.24) is 15.3 Å². The van der Waals surface area contributed by atoms with Gasteiger partial charge >= 0.3 is 0 Å². The fraction of sp³-hybridized carbons (Fsp3) is 0.588. The van der Waals surface area contributed by atoms with Crippen LogP contribution in [0.1, 0.15) is 29.7 Å². The van der Waals surface area contributed by atoms with E-state index in [1.54, 1.807) is 17.7 Å². The van der Waals surface area contributed by atoms with Gasteiger partial charge in [0.1, 0.15) is 17.0 Å². The largest absolute Gasteiger partial charge is 0.356 e. The topological polar surface area (TPSA) is 84.1 Å². The molecule has 1 amide bonds. The summed E-state index contributed by atoms with van der Waals surface area (Å²) in [5, 5.41) is 4.16. The predicted octanol–water partition coefficient (Wildman–Crippen LogP) is 1.99. The molecule has 0 aliphatic carbocycles. The van der Waals surface area contributed by atoms with Gasteiger partial charge in [0.2, 0.25) is 5.91 Å². The highest BCUT2D eigenvalue weighted by Crippen LogP contribution is 2.35. The molecule has 0 bridgehead atoms. The molecule has 1 aliphatic heterocycles. The second-order valence-electron chi connectivity index (χ2n) is 6.36. The molecule has 7 heteroatoms. The molecule has 2 aromatic rings. The highest BCUT2D eigenvalue weighted by molar-refractivity contribution is 7.18. The van der Waals surface area contributed by atoms with Crippen LogP contribution in [0.5, 0.6) is 0 Å². The van der Waals surface area contributed by atoms with Crippen molar-refractivity contribution >= 4 is 33.3 Å². The number of anilines is 1. The maximum Gasteiger partial charge on any atom is 0.223 e. The number of amides is 1. The summed E-state index contributed by atoms with van der Waals surface area (Å²) in [4.78, 5) is 25.8. The first kappa shape index (κ1) is 17.1. The number of hydrogen-bond acceptors (Lipinski definition) is 6. The van der Waals surface area contributed by atoms with Gasteiger partial charge in [-0.15, -0.1) is 11.3 Å². The Kier molecular flexibility index (Phi) is 5.30. The molecule has 1 aliphatic rings. The second kappa shape index (κ2) is 7.44. The number of aryl methyl sites for hydroxylation is 2. The molecule has 0 spiro atoms. The van der Waals surface area contributed by atoms with Crippen molar-refractivity contribution in [3.8, 4) is 0 Å². The number of aromatic nitrogens is 2. The monoisotopic (exact) mass is 347 g/mol. The molecule has 3 rings (SSSR count). The smallest absolute Gasteiger partial charge is 0.223 e. The lowest BCUT2D eigenvalue weighted by Crippen LogP contribution is -2.41. The van der Waals surface area contributed by atoms with Gasteiger partial charge in [0, 0.05) is 30.4 Å². The van der Waals surface area contributed by atoms with E-state index >= 15 is 0 Å². The minimum Gasteiger partial charge on any atom is -0.356 e. The van der Waals surface area contributed by atoms with Crippen LogP contribution in [0.25, 0.3) is 10.2 Å². The zero-order chi connectivity index (χ0) is 17.1. The van der Waals surface area contributed by atoms with Crippen LogP contribution in [0.15, 0.2) is 6.33 Å². The highest BCUT2D eigenvalue weighted by atomic mass is 32.1. The molecule has 0 radical (unpaired) electrons. The quantitative estimate of drug-likeness (QED) is 0.808. The van der Waals surface area contributed by atoms with Gasteiger partial charge in [0.15, 0.2) is 0 Å². The van der Waals surface area contributed by atoms with Gasteiger partial charge in [-0.05, 0) is 45.2 Å². The van der Waals surface area contributed by atoms with Gasteiger partial charge in [-0.25, -0.2) is 9.97 Å². The van der Waals surface area contributed by atoms with Gasteiger partial charge in [-0.1, -0.05) is 0 Å². The first-order valence-electron chi connectivity index (χ1n) is 8.55. The van der Waals surface area contributed by atoms with E-state index in [1.165, 1.54) is 15.8 Å². The van der Waals surface area contributed by atoms with Gasteiger partial charge < -0.3 is 16.0 Å². The molecule has 24 heavy (non-hydrogen) atoms. The van der Waals surface area contributed by atoms with Gasteiger partial charge in [-0.3, -0.25) is 4.79 Å². The lowest BCUT2D eigenvalue weighted by atomic mass is 9.95. The van der Waals surface area contributed by atoms with Crippen molar-refractivity contribution in [3.63, 3.8) is 0 Å². The van der Waals surface area contributed by atoms with E-state index in [4.69, 9.17) is 5.73 Å². The third-order valence-electron chi connectivity index (χ3n) is 4.79. The molecule has 0 saturated carbocycles. The minimum absolute atomic E-state index is 0.0988. The van der Waals surface area contributed by atoms with Crippen LogP contribution in [0.4, 0.5) is 5.82 Å². The maximum absolute atomic E-state index is 12.2. The first-order chi connectivity index (χ1) is 11.6. The standard InChI is InChI=1S/C17H25N5OS/c1-11-12(2)24-17-14(11)15(20-10-21-17)22-8-4-13(5-9-22)16(23)19-7-3-6-18/h10,13H,3-9,18H2,1-2H3,(H,19,23). The Hall–Kier alpha value is -1.73. The molecule has 0 unspecified atom stereocenters. The summed E-state index contributed by atoms with van der Waals surface area (Å²) in [5.74, 6) is 1.28. The lowest BCUT2D eigenvalue weighted by Gasteiger charge is -2.32. The molecule has 130 valence electrons. The number of rotatable bonds is 5. The molecule has 1 fully saturated rings. The summed E-state index contributed by atoms with van der Waals surface area (Å²) in [6, 6.07) is 0. The highest BCUT2D eigenvalue weighted by Gasteiger charge is 2.27. The Morgan fingerprint density at radius 1 is 1.38 bits per heavy atom. The molecule has 6 nitrogen and oxygen atoms in total. The van der Waals surface area contributed by atoms with Crippen molar-refractivity contribution in [2.75, 3.05) is 31.1 Å². The molecule has 3 N–H and O–H groups in total. The zero-order valence-electron chi connectivity index (χ0n) is 14.3. The van der Waals surface area contributed by atoms with Gasteiger partial charge in [0.05, 0.1) is 5.39 Å². The number of nitrogens with one attached hydrogen (secondary N) is 1.